The van der Waals surface area contributed by atoms with Crippen molar-refractivity contribution in [2.45, 2.75) is 45.1 Å². The highest BCUT2D eigenvalue weighted by molar-refractivity contribution is 5.85. The first-order chi connectivity index (χ1) is 13.1. The first-order valence-electron chi connectivity index (χ1n) is 9.88. The predicted molar refractivity (Wildman–Crippen MR) is 111 cm³/mol. The molecule has 0 bridgehead atoms. The van der Waals surface area contributed by atoms with Crippen LogP contribution in [0.2, 0.25) is 0 Å². The Morgan fingerprint density at radius 1 is 1.14 bits per heavy atom. The molecule has 0 saturated carbocycles. The summed E-state index contributed by atoms with van der Waals surface area (Å²) >= 11 is 0. The molecule has 1 saturated heterocycles. The molecule has 7 heteroatoms. The van der Waals surface area contributed by atoms with E-state index in [1.54, 1.807) is 13.0 Å². The van der Waals surface area contributed by atoms with Crippen LogP contribution in [0.25, 0.3) is 11.0 Å². The summed E-state index contributed by atoms with van der Waals surface area (Å²) in [6.07, 6.45) is 4.21. The number of nitrogens with zero attached hydrogens (tertiary/aromatic N) is 1. The molecule has 2 aromatic rings. The normalized spacial score (nSPS) is 18.0. The summed E-state index contributed by atoms with van der Waals surface area (Å²) in [4.78, 5) is 26.8. The Labute approximate surface area is 170 Å². The van der Waals surface area contributed by atoms with Crippen molar-refractivity contribution in [3.63, 3.8) is 0 Å². The van der Waals surface area contributed by atoms with Gasteiger partial charge in [0.05, 0.1) is 0 Å². The third kappa shape index (κ3) is 4.18. The van der Waals surface area contributed by atoms with Gasteiger partial charge in [0, 0.05) is 36.7 Å². The van der Waals surface area contributed by atoms with E-state index in [-0.39, 0.29) is 23.9 Å². The minimum Gasteiger partial charge on any atom is -0.481 e. The molecule has 1 amide bonds. The standard InChI is InChI=1S/C21H26N2O4.ClH/c1-14(20(24)23-11-4-9-22-10-12-23)26-15-7-8-17-16-5-2-3-6-18(16)21(25)27-19(17)13-15;/h7-8,13-14,22H,2-6,9-12H2,1H3;1H. The molecule has 2 heterocycles. The molecule has 1 aliphatic carbocycles. The van der Waals surface area contributed by atoms with Crippen LogP contribution in [0.4, 0.5) is 0 Å². The number of halogens is 1. The Morgan fingerprint density at radius 3 is 2.75 bits per heavy atom. The molecule has 152 valence electrons. The molecule has 0 spiro atoms. The average molecular weight is 407 g/mol. The van der Waals surface area contributed by atoms with Crippen LogP contribution < -0.4 is 15.7 Å². The molecule has 28 heavy (non-hydrogen) atoms. The fraction of sp³-hybridized carbons (Fsp3) is 0.524. The highest BCUT2D eigenvalue weighted by atomic mass is 35.5. The Bertz CT molecular complexity index is 903. The van der Waals surface area contributed by atoms with E-state index in [9.17, 15) is 9.59 Å². The molecule has 6 nitrogen and oxygen atoms in total. The van der Waals surface area contributed by atoms with Gasteiger partial charge in [-0.05, 0) is 63.3 Å². The molecular formula is C21H27ClN2O4. The Balaban J connectivity index is 0.00000225. The summed E-state index contributed by atoms with van der Waals surface area (Å²) < 4.78 is 11.4. The monoisotopic (exact) mass is 406 g/mol. The van der Waals surface area contributed by atoms with Gasteiger partial charge in [-0.2, -0.15) is 0 Å². The summed E-state index contributed by atoms with van der Waals surface area (Å²) in [7, 11) is 0. The fourth-order valence-electron chi connectivity index (χ4n) is 4.08. The van der Waals surface area contributed by atoms with Crippen LogP contribution in [0.15, 0.2) is 27.4 Å². The van der Waals surface area contributed by atoms with Crippen molar-refractivity contribution >= 4 is 29.3 Å². The maximum atomic E-state index is 12.7. The molecule has 4 rings (SSSR count). The van der Waals surface area contributed by atoms with Crippen LogP contribution in [-0.2, 0) is 17.6 Å². The number of hydrogen-bond donors (Lipinski definition) is 1. The van der Waals surface area contributed by atoms with Crippen LogP contribution in [-0.4, -0.2) is 43.1 Å². The number of rotatable bonds is 3. The van der Waals surface area contributed by atoms with Gasteiger partial charge in [0.15, 0.2) is 6.10 Å². The van der Waals surface area contributed by atoms with Gasteiger partial charge in [0.1, 0.15) is 11.3 Å². The number of fused-ring (bicyclic) bond motifs is 3. The topological polar surface area (TPSA) is 71.8 Å². The number of nitrogens with one attached hydrogen (secondary N) is 1. The van der Waals surface area contributed by atoms with Crippen LogP contribution in [0.3, 0.4) is 0 Å². The quantitative estimate of drug-likeness (QED) is 0.793. The van der Waals surface area contributed by atoms with Gasteiger partial charge in [0.25, 0.3) is 5.91 Å². The Kier molecular flexibility index (Phi) is 6.62. The summed E-state index contributed by atoms with van der Waals surface area (Å²) in [6, 6.07) is 5.55. The van der Waals surface area contributed by atoms with E-state index in [1.807, 2.05) is 17.0 Å². The van der Waals surface area contributed by atoms with Crippen molar-refractivity contribution in [3.05, 3.63) is 39.7 Å². The third-order valence-electron chi connectivity index (χ3n) is 5.51. The number of hydrogen-bond acceptors (Lipinski definition) is 5. The van der Waals surface area contributed by atoms with E-state index < -0.39 is 6.10 Å². The largest absolute Gasteiger partial charge is 0.481 e. The van der Waals surface area contributed by atoms with Crippen molar-refractivity contribution in [1.29, 1.82) is 0 Å². The molecule has 1 atom stereocenters. The van der Waals surface area contributed by atoms with Crippen molar-refractivity contribution in [1.82, 2.24) is 10.2 Å². The molecule has 1 fully saturated rings. The predicted octanol–water partition coefficient (Wildman–Crippen LogP) is 2.68. The van der Waals surface area contributed by atoms with Gasteiger partial charge in [-0.25, -0.2) is 4.79 Å². The average Bonchev–Trinajstić information content (AvgIpc) is 2.97. The van der Waals surface area contributed by atoms with Crippen LogP contribution in [0.1, 0.15) is 37.3 Å². The first-order valence-corrected chi connectivity index (χ1v) is 9.88. The molecular weight excluding hydrogens is 380 g/mol. The SMILES string of the molecule is CC(Oc1ccc2c3c(c(=O)oc2c1)CCCC3)C(=O)N1CCCNCC1.Cl. The van der Waals surface area contributed by atoms with E-state index in [0.29, 0.717) is 17.9 Å². The summed E-state index contributed by atoms with van der Waals surface area (Å²) in [6.45, 7) is 4.97. The summed E-state index contributed by atoms with van der Waals surface area (Å²) in [5.74, 6) is 0.542. The zero-order valence-corrected chi connectivity index (χ0v) is 17.0. The summed E-state index contributed by atoms with van der Waals surface area (Å²) in [5.41, 5.74) is 2.23. The van der Waals surface area contributed by atoms with Gasteiger partial charge >= 0.3 is 5.63 Å². The fourth-order valence-corrected chi connectivity index (χ4v) is 4.08. The first kappa shape index (κ1) is 20.7. The third-order valence-corrected chi connectivity index (χ3v) is 5.51. The van der Waals surface area contributed by atoms with E-state index >= 15 is 0 Å². The van der Waals surface area contributed by atoms with Gasteiger partial charge in [-0.15, -0.1) is 12.4 Å². The molecule has 1 aliphatic heterocycles. The Hall–Kier alpha value is -2.05. The highest BCUT2D eigenvalue weighted by Gasteiger charge is 2.23. The number of aryl methyl sites for hydroxylation is 1. The van der Waals surface area contributed by atoms with E-state index in [2.05, 4.69) is 5.32 Å². The second-order valence-corrected chi connectivity index (χ2v) is 7.40. The number of ether oxygens (including phenoxy) is 1. The lowest BCUT2D eigenvalue weighted by molar-refractivity contribution is -0.137. The van der Waals surface area contributed by atoms with Gasteiger partial charge in [-0.3, -0.25) is 4.79 Å². The zero-order chi connectivity index (χ0) is 18.8. The van der Waals surface area contributed by atoms with Crippen molar-refractivity contribution < 1.29 is 13.9 Å². The maximum absolute atomic E-state index is 12.7. The number of carbonyl (C=O) groups excluding carboxylic acids is 1. The van der Waals surface area contributed by atoms with E-state index in [0.717, 1.165) is 68.3 Å². The second-order valence-electron chi connectivity index (χ2n) is 7.40. The second kappa shape index (κ2) is 8.97. The number of carbonyl (C=O) groups is 1. The lowest BCUT2D eigenvalue weighted by atomic mass is 9.91. The molecule has 2 aliphatic rings. The zero-order valence-electron chi connectivity index (χ0n) is 16.2. The number of benzene rings is 1. The molecule has 1 aromatic carbocycles. The van der Waals surface area contributed by atoms with Gasteiger partial charge in [0.2, 0.25) is 0 Å². The van der Waals surface area contributed by atoms with Gasteiger partial charge < -0.3 is 19.4 Å². The number of amides is 1. The van der Waals surface area contributed by atoms with Crippen LogP contribution in [0, 0.1) is 0 Å². The highest BCUT2D eigenvalue weighted by Crippen LogP contribution is 2.29. The lowest BCUT2D eigenvalue weighted by Crippen LogP contribution is -2.42. The van der Waals surface area contributed by atoms with Crippen LogP contribution in [0.5, 0.6) is 5.75 Å². The van der Waals surface area contributed by atoms with Crippen molar-refractivity contribution in [2.24, 2.45) is 0 Å². The Morgan fingerprint density at radius 2 is 1.93 bits per heavy atom. The van der Waals surface area contributed by atoms with Crippen molar-refractivity contribution in [3.8, 4) is 5.75 Å². The van der Waals surface area contributed by atoms with E-state index in [1.165, 1.54) is 0 Å². The summed E-state index contributed by atoms with van der Waals surface area (Å²) in [5, 5.41) is 4.28. The molecule has 0 radical (unpaired) electrons. The lowest BCUT2D eigenvalue weighted by Gasteiger charge is -2.24. The minimum absolute atomic E-state index is 0. The maximum Gasteiger partial charge on any atom is 0.339 e. The molecule has 1 unspecified atom stereocenters. The molecule has 1 N–H and O–H groups in total. The van der Waals surface area contributed by atoms with E-state index in [4.69, 9.17) is 9.15 Å². The van der Waals surface area contributed by atoms with Gasteiger partial charge in [-0.1, -0.05) is 0 Å². The van der Waals surface area contributed by atoms with Crippen molar-refractivity contribution in [2.75, 3.05) is 26.2 Å². The molecule has 1 aromatic heterocycles. The van der Waals surface area contributed by atoms with Crippen LogP contribution >= 0.6 is 12.4 Å². The smallest absolute Gasteiger partial charge is 0.339 e. The minimum atomic E-state index is -0.579.